The zero-order valence-electron chi connectivity index (χ0n) is 14.4. The number of Topliss-reactive ketones (excluding diaryl/α,β-unsaturated/α-hetero) is 1. The maximum absolute atomic E-state index is 11.2. The lowest BCUT2D eigenvalue weighted by atomic mass is 9.97. The Morgan fingerprint density at radius 3 is 2.35 bits per heavy atom. The minimum atomic E-state index is -0.679. The van der Waals surface area contributed by atoms with Crippen molar-refractivity contribution in [3.05, 3.63) is 0 Å². The standard InChI is InChI=1S/C16H26O7/c1-9(17)7-18-12-6-10-14(23-16(4,5)21-10)13(20-12)11-8-19-15(2,3)22-11/h10-14H,6-8H2,1-5H3/t10-,11-,12+,13-,14-/m1/s1. The molecule has 3 heterocycles. The van der Waals surface area contributed by atoms with Crippen LogP contribution < -0.4 is 0 Å². The van der Waals surface area contributed by atoms with E-state index in [-0.39, 0.29) is 36.8 Å². The fourth-order valence-electron chi connectivity index (χ4n) is 3.32. The fourth-order valence-corrected chi connectivity index (χ4v) is 3.32. The van der Waals surface area contributed by atoms with Crippen molar-refractivity contribution in [1.29, 1.82) is 0 Å². The first-order chi connectivity index (χ1) is 10.7. The van der Waals surface area contributed by atoms with Gasteiger partial charge in [-0.2, -0.15) is 0 Å². The first-order valence-corrected chi connectivity index (χ1v) is 8.09. The van der Waals surface area contributed by atoms with Gasteiger partial charge in [-0.05, 0) is 34.6 Å². The van der Waals surface area contributed by atoms with Crippen molar-refractivity contribution in [2.24, 2.45) is 0 Å². The molecule has 0 saturated carbocycles. The van der Waals surface area contributed by atoms with Gasteiger partial charge in [-0.3, -0.25) is 4.79 Å². The summed E-state index contributed by atoms with van der Waals surface area (Å²) in [5, 5.41) is 0. The third-order valence-electron chi connectivity index (χ3n) is 4.15. The van der Waals surface area contributed by atoms with Gasteiger partial charge in [0.05, 0.1) is 12.7 Å². The van der Waals surface area contributed by atoms with Crippen LogP contribution in [-0.4, -0.2) is 61.3 Å². The van der Waals surface area contributed by atoms with E-state index in [1.807, 2.05) is 27.7 Å². The maximum atomic E-state index is 11.2. The highest BCUT2D eigenvalue weighted by atomic mass is 16.8. The van der Waals surface area contributed by atoms with E-state index < -0.39 is 17.9 Å². The molecular formula is C16H26O7. The van der Waals surface area contributed by atoms with Crippen molar-refractivity contribution in [2.75, 3.05) is 13.2 Å². The molecule has 0 radical (unpaired) electrons. The van der Waals surface area contributed by atoms with Crippen molar-refractivity contribution in [3.63, 3.8) is 0 Å². The highest BCUT2D eigenvalue weighted by Gasteiger charge is 2.54. The van der Waals surface area contributed by atoms with Crippen LogP contribution in [-0.2, 0) is 33.2 Å². The Morgan fingerprint density at radius 2 is 1.74 bits per heavy atom. The predicted octanol–water partition coefficient (Wildman–Crippen LogP) is 1.38. The molecule has 0 aliphatic carbocycles. The van der Waals surface area contributed by atoms with E-state index in [0.29, 0.717) is 13.0 Å². The molecule has 0 N–H and O–H groups in total. The molecule has 0 amide bonds. The number of hydrogen-bond donors (Lipinski definition) is 0. The molecule has 3 aliphatic heterocycles. The third kappa shape index (κ3) is 3.92. The zero-order chi connectivity index (χ0) is 16.8. The van der Waals surface area contributed by atoms with Gasteiger partial charge in [0, 0.05) is 6.42 Å². The van der Waals surface area contributed by atoms with Gasteiger partial charge in [0.2, 0.25) is 0 Å². The molecule has 0 aromatic rings. The summed E-state index contributed by atoms with van der Waals surface area (Å²) < 4.78 is 35.2. The van der Waals surface area contributed by atoms with Crippen LogP contribution in [0.3, 0.4) is 0 Å². The van der Waals surface area contributed by atoms with E-state index >= 15 is 0 Å². The van der Waals surface area contributed by atoms with Gasteiger partial charge in [0.1, 0.15) is 24.9 Å². The molecule has 3 fully saturated rings. The molecule has 0 unspecified atom stereocenters. The summed E-state index contributed by atoms with van der Waals surface area (Å²) in [4.78, 5) is 11.2. The molecule has 132 valence electrons. The van der Waals surface area contributed by atoms with Crippen LogP contribution >= 0.6 is 0 Å². The van der Waals surface area contributed by atoms with Crippen LogP contribution in [0.2, 0.25) is 0 Å². The number of hydrogen-bond acceptors (Lipinski definition) is 7. The highest BCUT2D eigenvalue weighted by molar-refractivity contribution is 5.76. The van der Waals surface area contributed by atoms with Gasteiger partial charge in [-0.15, -0.1) is 0 Å². The van der Waals surface area contributed by atoms with Crippen LogP contribution in [0.4, 0.5) is 0 Å². The molecule has 5 atom stereocenters. The first kappa shape index (κ1) is 17.3. The predicted molar refractivity (Wildman–Crippen MR) is 78.6 cm³/mol. The number of ether oxygens (including phenoxy) is 6. The average Bonchev–Trinajstić information content (AvgIpc) is 2.93. The van der Waals surface area contributed by atoms with Gasteiger partial charge in [-0.25, -0.2) is 0 Å². The zero-order valence-corrected chi connectivity index (χ0v) is 14.4. The Balaban J connectivity index is 1.73. The summed E-state index contributed by atoms with van der Waals surface area (Å²) in [7, 11) is 0. The van der Waals surface area contributed by atoms with Gasteiger partial charge < -0.3 is 28.4 Å². The highest BCUT2D eigenvalue weighted by Crippen LogP contribution is 2.40. The fraction of sp³-hybridized carbons (Fsp3) is 0.938. The Hall–Kier alpha value is -0.570. The normalized spacial score (nSPS) is 41.7. The van der Waals surface area contributed by atoms with E-state index in [0.717, 1.165) is 0 Å². The second-order valence-corrected chi connectivity index (χ2v) is 7.28. The van der Waals surface area contributed by atoms with Gasteiger partial charge in [0.25, 0.3) is 0 Å². The molecule has 3 saturated heterocycles. The molecule has 0 bridgehead atoms. The van der Waals surface area contributed by atoms with E-state index in [1.165, 1.54) is 6.92 Å². The molecule has 0 aromatic heterocycles. The lowest BCUT2D eigenvalue weighted by Gasteiger charge is -2.38. The van der Waals surface area contributed by atoms with Crippen LogP contribution in [0, 0.1) is 0 Å². The number of rotatable bonds is 4. The number of carbonyl (C=O) groups is 1. The Kier molecular flexibility index (Phi) is 4.54. The molecule has 7 heteroatoms. The van der Waals surface area contributed by atoms with Gasteiger partial charge in [0.15, 0.2) is 23.6 Å². The molecule has 23 heavy (non-hydrogen) atoms. The molecule has 0 spiro atoms. The topological polar surface area (TPSA) is 72.5 Å². The summed E-state index contributed by atoms with van der Waals surface area (Å²) in [6.07, 6.45) is -1.03. The number of fused-ring (bicyclic) bond motifs is 1. The van der Waals surface area contributed by atoms with E-state index in [4.69, 9.17) is 28.4 Å². The maximum Gasteiger partial charge on any atom is 0.163 e. The first-order valence-electron chi connectivity index (χ1n) is 8.09. The Morgan fingerprint density at radius 1 is 1.04 bits per heavy atom. The Labute approximate surface area is 136 Å². The minimum absolute atomic E-state index is 0.0204. The van der Waals surface area contributed by atoms with Crippen molar-refractivity contribution in [3.8, 4) is 0 Å². The van der Waals surface area contributed by atoms with Crippen molar-refractivity contribution >= 4 is 5.78 Å². The van der Waals surface area contributed by atoms with Crippen LogP contribution in [0.1, 0.15) is 41.0 Å². The Bertz CT molecular complexity index is 461. The van der Waals surface area contributed by atoms with Crippen molar-refractivity contribution in [1.82, 2.24) is 0 Å². The molecule has 3 aliphatic rings. The largest absolute Gasteiger partial charge is 0.348 e. The van der Waals surface area contributed by atoms with Crippen LogP contribution in [0.25, 0.3) is 0 Å². The summed E-state index contributed by atoms with van der Waals surface area (Å²) in [6, 6.07) is 0. The van der Waals surface area contributed by atoms with Crippen molar-refractivity contribution in [2.45, 2.75) is 83.3 Å². The van der Waals surface area contributed by atoms with E-state index in [2.05, 4.69) is 0 Å². The average molecular weight is 330 g/mol. The third-order valence-corrected chi connectivity index (χ3v) is 4.15. The second-order valence-electron chi connectivity index (χ2n) is 7.28. The molecular weight excluding hydrogens is 304 g/mol. The van der Waals surface area contributed by atoms with Gasteiger partial charge in [-0.1, -0.05) is 0 Å². The summed E-state index contributed by atoms with van der Waals surface area (Å²) in [5.74, 6) is -1.37. The van der Waals surface area contributed by atoms with Crippen LogP contribution in [0.5, 0.6) is 0 Å². The van der Waals surface area contributed by atoms with Crippen molar-refractivity contribution < 1.29 is 33.2 Å². The SMILES string of the molecule is CC(=O)CO[C@@H]1C[C@H]2OC(C)(C)O[C@H]2[C@@H]([C@H]2COC(C)(C)O2)O1. The smallest absolute Gasteiger partial charge is 0.163 e. The van der Waals surface area contributed by atoms with E-state index in [9.17, 15) is 4.79 Å². The lowest BCUT2D eigenvalue weighted by molar-refractivity contribution is -0.257. The number of ketones is 1. The van der Waals surface area contributed by atoms with Gasteiger partial charge >= 0.3 is 0 Å². The quantitative estimate of drug-likeness (QED) is 0.771. The van der Waals surface area contributed by atoms with Crippen LogP contribution in [0.15, 0.2) is 0 Å². The van der Waals surface area contributed by atoms with E-state index in [1.54, 1.807) is 0 Å². The summed E-state index contributed by atoms with van der Waals surface area (Å²) in [6.45, 7) is 9.42. The second kappa shape index (κ2) is 6.06. The molecule has 7 nitrogen and oxygen atoms in total. The summed E-state index contributed by atoms with van der Waals surface area (Å²) >= 11 is 0. The number of carbonyl (C=O) groups excluding carboxylic acids is 1. The molecule has 3 rings (SSSR count). The summed E-state index contributed by atoms with van der Waals surface area (Å²) in [5.41, 5.74) is 0. The lowest BCUT2D eigenvalue weighted by Crippen LogP contribution is -2.53. The monoisotopic (exact) mass is 330 g/mol. The minimum Gasteiger partial charge on any atom is -0.348 e. The molecule has 0 aromatic carbocycles.